The lowest BCUT2D eigenvalue weighted by atomic mass is 10.1. The smallest absolute Gasteiger partial charge is 0.324 e. The Morgan fingerprint density at radius 2 is 1.92 bits per heavy atom. The highest BCUT2D eigenvalue weighted by molar-refractivity contribution is 9.10. The maximum atomic E-state index is 12.7. The average molecular weight is 387 g/mol. The van der Waals surface area contributed by atoms with Crippen LogP contribution in [0.5, 0.6) is 0 Å². The number of carbonyl (C=O) groups excluding carboxylic acids is 1. The molecule has 2 aromatic carbocycles. The van der Waals surface area contributed by atoms with Gasteiger partial charge < -0.3 is 11.1 Å². The molecule has 7 nitrogen and oxygen atoms in total. The molecule has 3 rings (SSSR count). The van der Waals surface area contributed by atoms with Crippen LogP contribution in [0.15, 0.2) is 53.0 Å². The fourth-order valence-electron chi connectivity index (χ4n) is 2.37. The van der Waals surface area contributed by atoms with E-state index in [0.29, 0.717) is 21.1 Å². The molecule has 0 unspecified atom stereocenters. The lowest BCUT2D eigenvalue weighted by Gasteiger charge is -2.10. The number of nitrogens with two attached hydrogens (primary N) is 1. The number of carbonyl (C=O) groups is 1. The number of amides is 1. The van der Waals surface area contributed by atoms with Gasteiger partial charge in [-0.05, 0) is 30.3 Å². The topological polar surface area (TPSA) is 111 Å². The second kappa shape index (κ2) is 6.25. The van der Waals surface area contributed by atoms with Gasteiger partial charge in [-0.3, -0.25) is 14.9 Å². The van der Waals surface area contributed by atoms with Crippen molar-refractivity contribution in [2.45, 2.75) is 0 Å². The molecule has 0 aliphatic carbocycles. The standard InChI is InChI=1S/C16H11BrN4O3/c17-9-6-7-12-11(8-9)13(14(21(23)24)15(18)20-12)16(22)19-10-4-2-1-3-5-10/h1-8H,(H2,18,20)(H,19,22). The van der Waals surface area contributed by atoms with Gasteiger partial charge in [-0.1, -0.05) is 34.1 Å². The quantitative estimate of drug-likeness (QED) is 0.525. The predicted octanol–water partition coefficient (Wildman–Crippen LogP) is 3.74. The monoisotopic (exact) mass is 386 g/mol. The van der Waals surface area contributed by atoms with Crippen LogP contribution in [0.1, 0.15) is 10.4 Å². The molecule has 0 aliphatic heterocycles. The number of nitrogen functional groups attached to an aromatic ring is 1. The molecule has 1 amide bonds. The summed E-state index contributed by atoms with van der Waals surface area (Å²) < 4.78 is 0.671. The Morgan fingerprint density at radius 1 is 1.21 bits per heavy atom. The molecule has 3 aromatic rings. The summed E-state index contributed by atoms with van der Waals surface area (Å²) in [6.07, 6.45) is 0. The average Bonchev–Trinajstić information content (AvgIpc) is 2.54. The number of pyridine rings is 1. The molecule has 8 heteroatoms. The van der Waals surface area contributed by atoms with Gasteiger partial charge in [0.15, 0.2) is 0 Å². The highest BCUT2D eigenvalue weighted by Gasteiger charge is 2.28. The van der Waals surface area contributed by atoms with Gasteiger partial charge in [0.05, 0.1) is 10.4 Å². The van der Waals surface area contributed by atoms with Crippen molar-refractivity contribution in [2.24, 2.45) is 0 Å². The SMILES string of the molecule is Nc1nc2ccc(Br)cc2c(C(=O)Nc2ccccc2)c1[N+](=O)[O-]. The van der Waals surface area contributed by atoms with Gasteiger partial charge in [0.1, 0.15) is 5.56 Å². The van der Waals surface area contributed by atoms with Crippen molar-refractivity contribution in [1.29, 1.82) is 0 Å². The van der Waals surface area contributed by atoms with Gasteiger partial charge in [0, 0.05) is 15.5 Å². The number of hydrogen-bond acceptors (Lipinski definition) is 5. The van der Waals surface area contributed by atoms with Gasteiger partial charge in [-0.2, -0.15) is 0 Å². The van der Waals surface area contributed by atoms with Crippen molar-refractivity contribution < 1.29 is 9.72 Å². The molecule has 0 spiro atoms. The third kappa shape index (κ3) is 2.91. The second-order valence-electron chi connectivity index (χ2n) is 4.96. The normalized spacial score (nSPS) is 10.5. The van der Waals surface area contributed by atoms with Crippen LogP contribution in [0.2, 0.25) is 0 Å². The number of para-hydroxylation sites is 1. The van der Waals surface area contributed by atoms with Crippen LogP contribution in [0.4, 0.5) is 17.2 Å². The van der Waals surface area contributed by atoms with Crippen LogP contribution in [-0.4, -0.2) is 15.8 Å². The number of aromatic nitrogens is 1. The Kier molecular flexibility index (Phi) is 4.13. The fourth-order valence-corrected chi connectivity index (χ4v) is 2.74. The summed E-state index contributed by atoms with van der Waals surface area (Å²) in [7, 11) is 0. The Hall–Kier alpha value is -3.00. The Morgan fingerprint density at radius 3 is 2.58 bits per heavy atom. The third-order valence-corrected chi connectivity index (χ3v) is 3.88. The summed E-state index contributed by atoms with van der Waals surface area (Å²) in [6, 6.07) is 13.6. The first-order valence-electron chi connectivity index (χ1n) is 6.87. The predicted molar refractivity (Wildman–Crippen MR) is 94.9 cm³/mol. The third-order valence-electron chi connectivity index (χ3n) is 3.39. The summed E-state index contributed by atoms with van der Waals surface area (Å²) in [5.41, 5.74) is 6.02. The van der Waals surface area contributed by atoms with Crippen molar-refractivity contribution >= 4 is 49.9 Å². The maximum Gasteiger partial charge on any atom is 0.324 e. The summed E-state index contributed by atoms with van der Waals surface area (Å²) in [5, 5.41) is 14.4. The molecule has 1 aromatic heterocycles. The number of fused-ring (bicyclic) bond motifs is 1. The molecule has 0 bridgehead atoms. The number of nitrogens with zero attached hydrogens (tertiary/aromatic N) is 2. The lowest BCUT2D eigenvalue weighted by Crippen LogP contribution is -2.16. The first-order valence-corrected chi connectivity index (χ1v) is 7.66. The van der Waals surface area contributed by atoms with E-state index in [1.807, 2.05) is 0 Å². The molecule has 0 saturated heterocycles. The van der Waals surface area contributed by atoms with Crippen LogP contribution < -0.4 is 11.1 Å². The van der Waals surface area contributed by atoms with Crippen molar-refractivity contribution in [1.82, 2.24) is 4.98 Å². The first-order chi connectivity index (χ1) is 11.5. The van der Waals surface area contributed by atoms with E-state index in [-0.39, 0.29) is 11.4 Å². The van der Waals surface area contributed by atoms with Crippen molar-refractivity contribution in [3.05, 3.63) is 68.7 Å². The second-order valence-corrected chi connectivity index (χ2v) is 5.88. The zero-order valence-corrected chi connectivity index (χ0v) is 13.8. The van der Waals surface area contributed by atoms with Gasteiger partial charge in [-0.25, -0.2) is 4.98 Å². The molecule has 1 heterocycles. The Labute approximate surface area is 144 Å². The minimum Gasteiger partial charge on any atom is -0.378 e. The maximum absolute atomic E-state index is 12.7. The number of benzene rings is 2. The zero-order chi connectivity index (χ0) is 17.3. The molecule has 0 aliphatic rings. The van der Waals surface area contributed by atoms with E-state index in [2.05, 4.69) is 26.2 Å². The van der Waals surface area contributed by atoms with E-state index in [9.17, 15) is 14.9 Å². The van der Waals surface area contributed by atoms with E-state index in [0.717, 1.165) is 0 Å². The number of nitro groups is 1. The molecular weight excluding hydrogens is 376 g/mol. The van der Waals surface area contributed by atoms with Gasteiger partial charge in [0.25, 0.3) is 5.91 Å². The zero-order valence-electron chi connectivity index (χ0n) is 12.2. The molecule has 0 saturated carbocycles. The van der Waals surface area contributed by atoms with Gasteiger partial charge in [-0.15, -0.1) is 0 Å². The van der Waals surface area contributed by atoms with Crippen LogP contribution in [0, 0.1) is 10.1 Å². The van der Waals surface area contributed by atoms with Crippen molar-refractivity contribution in [3.8, 4) is 0 Å². The summed E-state index contributed by atoms with van der Waals surface area (Å²) >= 11 is 3.30. The number of anilines is 2. The van der Waals surface area contributed by atoms with E-state index in [1.165, 1.54) is 0 Å². The van der Waals surface area contributed by atoms with Gasteiger partial charge >= 0.3 is 5.69 Å². The van der Waals surface area contributed by atoms with E-state index < -0.39 is 16.5 Å². The molecule has 0 radical (unpaired) electrons. The van der Waals surface area contributed by atoms with Crippen LogP contribution in [-0.2, 0) is 0 Å². The highest BCUT2D eigenvalue weighted by Crippen LogP contribution is 2.33. The molecule has 3 N–H and O–H groups in total. The summed E-state index contributed by atoms with van der Waals surface area (Å²) in [5.74, 6) is -0.918. The van der Waals surface area contributed by atoms with E-state index in [4.69, 9.17) is 5.73 Å². The molecule has 0 fully saturated rings. The van der Waals surface area contributed by atoms with E-state index in [1.54, 1.807) is 48.5 Å². The molecule has 120 valence electrons. The summed E-state index contributed by atoms with van der Waals surface area (Å²) in [4.78, 5) is 27.5. The van der Waals surface area contributed by atoms with Crippen molar-refractivity contribution in [3.63, 3.8) is 0 Å². The van der Waals surface area contributed by atoms with Crippen molar-refractivity contribution in [2.75, 3.05) is 11.1 Å². The molecular formula is C16H11BrN4O3. The van der Waals surface area contributed by atoms with Crippen LogP contribution in [0.3, 0.4) is 0 Å². The molecule has 0 atom stereocenters. The van der Waals surface area contributed by atoms with E-state index >= 15 is 0 Å². The van der Waals surface area contributed by atoms with Crippen LogP contribution >= 0.6 is 15.9 Å². The highest BCUT2D eigenvalue weighted by atomic mass is 79.9. The number of halogens is 1. The van der Waals surface area contributed by atoms with Gasteiger partial charge in [0.2, 0.25) is 5.82 Å². The Bertz CT molecular complexity index is 960. The number of rotatable bonds is 3. The molecule has 24 heavy (non-hydrogen) atoms. The van der Waals surface area contributed by atoms with Crippen LogP contribution in [0.25, 0.3) is 10.9 Å². The minimum atomic E-state index is -0.692. The Balaban J connectivity index is 2.23. The fraction of sp³-hybridized carbons (Fsp3) is 0. The summed E-state index contributed by atoms with van der Waals surface area (Å²) in [6.45, 7) is 0. The largest absolute Gasteiger partial charge is 0.378 e. The number of nitrogens with one attached hydrogen (secondary N) is 1. The number of hydrogen-bond donors (Lipinski definition) is 2. The first kappa shape index (κ1) is 15.9. The minimum absolute atomic E-state index is 0.118. The lowest BCUT2D eigenvalue weighted by molar-refractivity contribution is -0.384.